The highest BCUT2D eigenvalue weighted by Gasteiger charge is 2.07. The number of rotatable bonds is 6. The molecule has 0 bridgehead atoms. The highest BCUT2D eigenvalue weighted by molar-refractivity contribution is 5.92. The number of nitrogens with one attached hydrogen (secondary N) is 2. The summed E-state index contributed by atoms with van der Waals surface area (Å²) in [6, 6.07) is 17.1. The van der Waals surface area contributed by atoms with E-state index < -0.39 is 0 Å². The van der Waals surface area contributed by atoms with Gasteiger partial charge in [0.25, 0.3) is 5.91 Å². The van der Waals surface area contributed by atoms with Crippen LogP contribution in [0, 0.1) is 0 Å². The van der Waals surface area contributed by atoms with Gasteiger partial charge in [-0.15, -0.1) is 10.2 Å². The van der Waals surface area contributed by atoms with Gasteiger partial charge in [-0.05, 0) is 35.4 Å². The zero-order valence-corrected chi connectivity index (χ0v) is 13.0. The van der Waals surface area contributed by atoms with Gasteiger partial charge in [0, 0.05) is 25.5 Å². The molecule has 3 aromatic rings. The summed E-state index contributed by atoms with van der Waals surface area (Å²) >= 11 is 0. The van der Waals surface area contributed by atoms with Gasteiger partial charge in [0.1, 0.15) is 5.82 Å². The van der Waals surface area contributed by atoms with E-state index >= 15 is 0 Å². The second-order valence-corrected chi connectivity index (χ2v) is 5.18. The highest BCUT2D eigenvalue weighted by Crippen LogP contribution is 2.06. The van der Waals surface area contributed by atoms with Gasteiger partial charge in [-0.25, -0.2) is 0 Å². The molecule has 3 rings (SSSR count). The molecule has 1 amide bonds. The monoisotopic (exact) mass is 319 g/mol. The fraction of sp³-hybridized carbons (Fsp3) is 0.111. The maximum atomic E-state index is 12.1. The molecule has 0 radical (unpaired) electrons. The molecule has 1 aromatic carbocycles. The van der Waals surface area contributed by atoms with Gasteiger partial charge in [0.15, 0.2) is 5.69 Å². The minimum absolute atomic E-state index is 0.256. The van der Waals surface area contributed by atoms with Crippen molar-refractivity contribution in [2.45, 2.75) is 13.1 Å². The first-order valence-electron chi connectivity index (χ1n) is 7.60. The van der Waals surface area contributed by atoms with Crippen LogP contribution in [0.1, 0.15) is 21.6 Å². The van der Waals surface area contributed by atoms with Crippen molar-refractivity contribution >= 4 is 11.7 Å². The van der Waals surface area contributed by atoms with E-state index in [4.69, 9.17) is 0 Å². The number of anilines is 1. The summed E-state index contributed by atoms with van der Waals surface area (Å²) in [5.74, 6) is 0.374. The van der Waals surface area contributed by atoms with E-state index in [1.54, 1.807) is 24.5 Å². The topological polar surface area (TPSA) is 79.8 Å². The number of benzene rings is 1. The molecule has 6 heteroatoms. The Morgan fingerprint density at radius 3 is 2.29 bits per heavy atom. The summed E-state index contributed by atoms with van der Waals surface area (Å²) < 4.78 is 0. The van der Waals surface area contributed by atoms with Crippen molar-refractivity contribution in [3.8, 4) is 0 Å². The zero-order chi connectivity index (χ0) is 16.6. The quantitative estimate of drug-likeness (QED) is 0.729. The molecule has 0 fully saturated rings. The standard InChI is InChI=1S/C18H17N5O/c24-18(21-13-15-8-10-19-11-9-15)16-6-7-17(23-22-16)20-12-14-4-2-1-3-5-14/h1-11H,12-13H2,(H,20,23)(H,21,24). The van der Waals surface area contributed by atoms with Crippen molar-refractivity contribution in [1.29, 1.82) is 0 Å². The van der Waals surface area contributed by atoms with Crippen molar-refractivity contribution in [3.05, 3.63) is 83.8 Å². The van der Waals surface area contributed by atoms with Crippen LogP contribution in [0.4, 0.5) is 5.82 Å². The van der Waals surface area contributed by atoms with Gasteiger partial charge in [0.2, 0.25) is 0 Å². The van der Waals surface area contributed by atoms with E-state index in [2.05, 4.69) is 25.8 Å². The molecule has 2 aromatic heterocycles. The van der Waals surface area contributed by atoms with Crippen molar-refractivity contribution in [1.82, 2.24) is 20.5 Å². The summed E-state index contributed by atoms with van der Waals surface area (Å²) in [6.07, 6.45) is 3.38. The molecule has 6 nitrogen and oxygen atoms in total. The van der Waals surface area contributed by atoms with Gasteiger partial charge >= 0.3 is 0 Å². The molecule has 0 aliphatic rings. The smallest absolute Gasteiger partial charge is 0.272 e. The minimum atomic E-state index is -0.256. The zero-order valence-electron chi connectivity index (χ0n) is 13.0. The number of aromatic nitrogens is 3. The Morgan fingerprint density at radius 1 is 0.833 bits per heavy atom. The van der Waals surface area contributed by atoms with E-state index in [-0.39, 0.29) is 11.6 Å². The number of amides is 1. The first-order chi connectivity index (χ1) is 11.8. The summed E-state index contributed by atoms with van der Waals surface area (Å²) in [4.78, 5) is 16.0. The molecule has 0 aliphatic carbocycles. The third-order valence-corrected chi connectivity index (χ3v) is 3.42. The Kier molecular flexibility index (Phi) is 5.09. The van der Waals surface area contributed by atoms with Gasteiger partial charge in [-0.2, -0.15) is 0 Å². The maximum Gasteiger partial charge on any atom is 0.272 e. The van der Waals surface area contributed by atoms with E-state index in [1.807, 2.05) is 42.5 Å². The third kappa shape index (κ3) is 4.36. The molecule has 0 aliphatic heterocycles. The molecule has 0 atom stereocenters. The van der Waals surface area contributed by atoms with Crippen LogP contribution in [0.3, 0.4) is 0 Å². The van der Waals surface area contributed by atoms with E-state index in [0.29, 0.717) is 18.9 Å². The van der Waals surface area contributed by atoms with Crippen LogP contribution in [-0.4, -0.2) is 21.1 Å². The third-order valence-electron chi connectivity index (χ3n) is 3.42. The predicted octanol–water partition coefficient (Wildman–Crippen LogP) is 2.41. The fourth-order valence-corrected chi connectivity index (χ4v) is 2.11. The summed E-state index contributed by atoms with van der Waals surface area (Å²) in [5.41, 5.74) is 2.42. The summed E-state index contributed by atoms with van der Waals surface area (Å²) in [5, 5.41) is 14.0. The molecule has 0 saturated heterocycles. The van der Waals surface area contributed by atoms with Crippen molar-refractivity contribution < 1.29 is 4.79 Å². The molecular formula is C18H17N5O. The normalized spacial score (nSPS) is 10.2. The SMILES string of the molecule is O=C(NCc1ccncc1)c1ccc(NCc2ccccc2)nn1. The molecule has 0 unspecified atom stereocenters. The van der Waals surface area contributed by atoms with Crippen LogP contribution in [-0.2, 0) is 13.1 Å². The molecule has 2 N–H and O–H groups in total. The Labute approximate surface area is 140 Å². The van der Waals surface area contributed by atoms with Crippen LogP contribution in [0.5, 0.6) is 0 Å². The van der Waals surface area contributed by atoms with Crippen LogP contribution in [0.2, 0.25) is 0 Å². The first kappa shape index (κ1) is 15.6. The summed E-state index contributed by atoms with van der Waals surface area (Å²) in [6.45, 7) is 1.08. The van der Waals surface area contributed by atoms with Crippen molar-refractivity contribution in [2.24, 2.45) is 0 Å². The van der Waals surface area contributed by atoms with E-state index in [0.717, 1.165) is 11.1 Å². The van der Waals surface area contributed by atoms with Crippen molar-refractivity contribution in [2.75, 3.05) is 5.32 Å². The predicted molar refractivity (Wildman–Crippen MR) is 91.2 cm³/mol. The summed E-state index contributed by atoms with van der Waals surface area (Å²) in [7, 11) is 0. The van der Waals surface area contributed by atoms with Crippen LogP contribution < -0.4 is 10.6 Å². The Hall–Kier alpha value is -3.28. The Bertz CT molecular complexity index is 776. The number of hydrogen-bond donors (Lipinski definition) is 2. The number of hydrogen-bond acceptors (Lipinski definition) is 5. The van der Waals surface area contributed by atoms with Gasteiger partial charge in [-0.3, -0.25) is 9.78 Å². The van der Waals surface area contributed by atoms with Crippen LogP contribution >= 0.6 is 0 Å². The molecule has 24 heavy (non-hydrogen) atoms. The molecular weight excluding hydrogens is 302 g/mol. The first-order valence-corrected chi connectivity index (χ1v) is 7.60. The molecule has 2 heterocycles. The number of carbonyl (C=O) groups is 1. The van der Waals surface area contributed by atoms with Gasteiger partial charge in [-0.1, -0.05) is 30.3 Å². The lowest BCUT2D eigenvalue weighted by Crippen LogP contribution is -2.24. The Morgan fingerprint density at radius 2 is 1.58 bits per heavy atom. The van der Waals surface area contributed by atoms with Crippen LogP contribution in [0.25, 0.3) is 0 Å². The molecule has 0 saturated carbocycles. The average molecular weight is 319 g/mol. The minimum Gasteiger partial charge on any atom is -0.365 e. The van der Waals surface area contributed by atoms with E-state index in [9.17, 15) is 4.79 Å². The lowest BCUT2D eigenvalue weighted by Gasteiger charge is -2.06. The lowest BCUT2D eigenvalue weighted by atomic mass is 10.2. The molecule has 0 spiro atoms. The number of carbonyl (C=O) groups excluding carboxylic acids is 1. The van der Waals surface area contributed by atoms with E-state index in [1.165, 1.54) is 0 Å². The van der Waals surface area contributed by atoms with Gasteiger partial charge in [0.05, 0.1) is 0 Å². The Balaban J connectivity index is 1.53. The lowest BCUT2D eigenvalue weighted by molar-refractivity contribution is 0.0945. The maximum absolute atomic E-state index is 12.1. The largest absolute Gasteiger partial charge is 0.365 e. The van der Waals surface area contributed by atoms with Crippen LogP contribution in [0.15, 0.2) is 67.0 Å². The van der Waals surface area contributed by atoms with Gasteiger partial charge < -0.3 is 10.6 Å². The fourth-order valence-electron chi connectivity index (χ4n) is 2.11. The number of nitrogens with zero attached hydrogens (tertiary/aromatic N) is 3. The molecule has 120 valence electrons. The second kappa shape index (κ2) is 7.82. The highest BCUT2D eigenvalue weighted by atomic mass is 16.1. The number of pyridine rings is 1. The average Bonchev–Trinajstić information content (AvgIpc) is 2.66. The second-order valence-electron chi connectivity index (χ2n) is 5.18. The van der Waals surface area contributed by atoms with Crippen molar-refractivity contribution in [3.63, 3.8) is 0 Å².